The number of esters is 1. The second-order valence-electron chi connectivity index (χ2n) is 4.49. The molecule has 0 fully saturated rings. The fraction of sp³-hybridized carbons (Fsp3) is 0.267. The molecule has 0 aliphatic carbocycles. The first-order valence-electron chi connectivity index (χ1n) is 6.43. The summed E-state index contributed by atoms with van der Waals surface area (Å²) in [5, 5.41) is 0.504. The first kappa shape index (κ1) is 15.3. The molecule has 2 aromatic rings. The van der Waals surface area contributed by atoms with Gasteiger partial charge in [0.15, 0.2) is 5.16 Å². The third-order valence-electron chi connectivity index (χ3n) is 2.92. The van der Waals surface area contributed by atoms with Gasteiger partial charge in [0.1, 0.15) is 0 Å². The van der Waals surface area contributed by atoms with E-state index in [1.807, 2.05) is 30.3 Å². The fourth-order valence-electron chi connectivity index (χ4n) is 1.91. The number of aromatic amines is 1. The predicted molar refractivity (Wildman–Crippen MR) is 81.5 cm³/mol. The number of nitrogens with one attached hydrogen (secondary N) is 1. The summed E-state index contributed by atoms with van der Waals surface area (Å²) in [6.45, 7) is 1.76. The van der Waals surface area contributed by atoms with Crippen molar-refractivity contribution >= 4 is 17.7 Å². The zero-order valence-electron chi connectivity index (χ0n) is 11.8. The number of H-pyrrole nitrogens is 1. The lowest BCUT2D eigenvalue weighted by molar-refractivity contribution is -0.141. The molecule has 1 N–H and O–H groups in total. The third kappa shape index (κ3) is 4.19. The number of aromatic nitrogens is 2. The summed E-state index contributed by atoms with van der Waals surface area (Å²) in [5.41, 5.74) is 1.33. The standard InChI is InChI=1S/C15H16N2O3S/c1-10-8-13(18)17-15(16-10)21-9-12(14(19)20-2)11-6-4-3-5-7-11/h3-8,12H,9H2,1-2H3,(H,16,17,18). The number of methoxy groups -OCH3 is 1. The van der Waals surface area contributed by atoms with Gasteiger partial charge < -0.3 is 9.72 Å². The van der Waals surface area contributed by atoms with Crippen molar-refractivity contribution in [1.29, 1.82) is 0 Å². The number of aryl methyl sites for hydroxylation is 1. The highest BCUT2D eigenvalue weighted by atomic mass is 32.2. The largest absolute Gasteiger partial charge is 0.469 e. The summed E-state index contributed by atoms with van der Waals surface area (Å²) in [6.07, 6.45) is 0. The zero-order valence-corrected chi connectivity index (χ0v) is 12.6. The van der Waals surface area contributed by atoms with Crippen LogP contribution in [0.25, 0.3) is 0 Å². The average molecular weight is 304 g/mol. The van der Waals surface area contributed by atoms with Crippen LogP contribution in [0.4, 0.5) is 0 Å². The van der Waals surface area contributed by atoms with E-state index in [1.54, 1.807) is 6.92 Å². The molecule has 0 saturated carbocycles. The maximum Gasteiger partial charge on any atom is 0.313 e. The molecule has 0 radical (unpaired) electrons. The van der Waals surface area contributed by atoms with E-state index in [1.165, 1.54) is 24.9 Å². The smallest absolute Gasteiger partial charge is 0.313 e. The number of hydrogen-bond acceptors (Lipinski definition) is 5. The molecule has 110 valence electrons. The second-order valence-corrected chi connectivity index (χ2v) is 5.50. The Morgan fingerprint density at radius 2 is 2.10 bits per heavy atom. The van der Waals surface area contributed by atoms with Crippen LogP contribution >= 0.6 is 11.8 Å². The van der Waals surface area contributed by atoms with Gasteiger partial charge in [0, 0.05) is 17.5 Å². The molecule has 1 heterocycles. The topological polar surface area (TPSA) is 72.0 Å². The van der Waals surface area contributed by atoms with Crippen LogP contribution in [0.2, 0.25) is 0 Å². The highest BCUT2D eigenvalue weighted by Gasteiger charge is 2.21. The van der Waals surface area contributed by atoms with Gasteiger partial charge in [-0.3, -0.25) is 9.59 Å². The second kappa shape index (κ2) is 7.08. The van der Waals surface area contributed by atoms with E-state index in [0.717, 1.165) is 5.56 Å². The van der Waals surface area contributed by atoms with Crippen LogP contribution in [0.1, 0.15) is 17.2 Å². The van der Waals surface area contributed by atoms with Crippen LogP contribution in [-0.2, 0) is 9.53 Å². The van der Waals surface area contributed by atoms with E-state index in [4.69, 9.17) is 4.74 Å². The van der Waals surface area contributed by atoms with Crippen LogP contribution in [0.3, 0.4) is 0 Å². The molecule has 5 nitrogen and oxygen atoms in total. The Morgan fingerprint density at radius 1 is 1.38 bits per heavy atom. The molecule has 1 aromatic carbocycles. The Morgan fingerprint density at radius 3 is 2.71 bits per heavy atom. The Kier molecular flexibility index (Phi) is 5.16. The fourth-order valence-corrected chi connectivity index (χ4v) is 2.94. The maximum absolute atomic E-state index is 11.9. The quantitative estimate of drug-likeness (QED) is 0.520. The first-order chi connectivity index (χ1) is 10.1. The van der Waals surface area contributed by atoms with Crippen LogP contribution in [-0.4, -0.2) is 28.8 Å². The molecule has 0 aliphatic heterocycles. The lowest BCUT2D eigenvalue weighted by Gasteiger charge is -2.14. The summed E-state index contributed by atoms with van der Waals surface area (Å²) >= 11 is 1.33. The molecule has 0 spiro atoms. The summed E-state index contributed by atoms with van der Waals surface area (Å²) in [6, 6.07) is 10.8. The number of carbonyl (C=O) groups excluding carboxylic acids is 1. The van der Waals surface area contributed by atoms with Gasteiger partial charge in [0.25, 0.3) is 5.56 Å². The number of rotatable bonds is 5. The highest BCUT2D eigenvalue weighted by molar-refractivity contribution is 7.99. The highest BCUT2D eigenvalue weighted by Crippen LogP contribution is 2.25. The molecule has 1 aromatic heterocycles. The van der Waals surface area contributed by atoms with Crippen molar-refractivity contribution < 1.29 is 9.53 Å². The normalized spacial score (nSPS) is 11.9. The Hall–Kier alpha value is -2.08. The van der Waals surface area contributed by atoms with E-state index in [9.17, 15) is 9.59 Å². The number of ether oxygens (including phenoxy) is 1. The van der Waals surface area contributed by atoms with Crippen molar-refractivity contribution in [3.63, 3.8) is 0 Å². The van der Waals surface area contributed by atoms with Gasteiger partial charge in [0.05, 0.1) is 13.0 Å². The molecular weight excluding hydrogens is 288 g/mol. The predicted octanol–water partition coefficient (Wildman–Crippen LogP) is 2.13. The number of hydrogen-bond donors (Lipinski definition) is 1. The van der Waals surface area contributed by atoms with Gasteiger partial charge in [-0.2, -0.15) is 0 Å². The summed E-state index contributed by atoms with van der Waals surface area (Å²) in [4.78, 5) is 30.3. The number of carbonyl (C=O) groups is 1. The molecule has 21 heavy (non-hydrogen) atoms. The van der Waals surface area contributed by atoms with Crippen LogP contribution < -0.4 is 5.56 Å². The third-order valence-corrected chi connectivity index (χ3v) is 3.89. The van der Waals surface area contributed by atoms with Crippen molar-refractivity contribution in [3.8, 4) is 0 Å². The Bertz CT molecular complexity index is 670. The minimum absolute atomic E-state index is 0.195. The van der Waals surface area contributed by atoms with Crippen molar-refractivity contribution in [2.24, 2.45) is 0 Å². The van der Waals surface area contributed by atoms with E-state index in [0.29, 0.717) is 16.6 Å². The number of thioether (sulfide) groups is 1. The van der Waals surface area contributed by atoms with E-state index in [2.05, 4.69) is 9.97 Å². The van der Waals surface area contributed by atoms with Gasteiger partial charge in [0.2, 0.25) is 0 Å². The Labute approximate surface area is 126 Å². The van der Waals surface area contributed by atoms with Crippen LogP contribution in [0.5, 0.6) is 0 Å². The zero-order chi connectivity index (χ0) is 15.2. The SMILES string of the molecule is COC(=O)C(CSc1nc(C)cc(=O)[nH]1)c1ccccc1. The van der Waals surface area contributed by atoms with Crippen LogP contribution in [0, 0.1) is 6.92 Å². The lowest BCUT2D eigenvalue weighted by atomic mass is 10.0. The van der Waals surface area contributed by atoms with Crippen LogP contribution in [0.15, 0.2) is 46.3 Å². The molecule has 1 unspecified atom stereocenters. The molecular formula is C15H16N2O3S. The maximum atomic E-state index is 11.9. The van der Waals surface area contributed by atoms with Crippen molar-refractivity contribution in [2.75, 3.05) is 12.9 Å². The molecule has 0 saturated heterocycles. The molecule has 2 rings (SSSR count). The van der Waals surface area contributed by atoms with Gasteiger partial charge in [-0.05, 0) is 12.5 Å². The number of benzene rings is 1. The van der Waals surface area contributed by atoms with Crippen molar-refractivity contribution in [1.82, 2.24) is 9.97 Å². The first-order valence-corrected chi connectivity index (χ1v) is 7.42. The Balaban J connectivity index is 2.16. The molecule has 6 heteroatoms. The van der Waals surface area contributed by atoms with E-state index in [-0.39, 0.29) is 11.5 Å². The summed E-state index contributed by atoms with van der Waals surface area (Å²) in [7, 11) is 1.37. The number of nitrogens with zero attached hydrogens (tertiary/aromatic N) is 1. The lowest BCUT2D eigenvalue weighted by Crippen LogP contribution is -2.17. The van der Waals surface area contributed by atoms with Gasteiger partial charge in [-0.1, -0.05) is 42.1 Å². The minimum Gasteiger partial charge on any atom is -0.469 e. The van der Waals surface area contributed by atoms with Gasteiger partial charge >= 0.3 is 5.97 Å². The minimum atomic E-state index is -0.396. The monoisotopic (exact) mass is 304 g/mol. The average Bonchev–Trinajstić information content (AvgIpc) is 2.47. The molecule has 0 aliphatic rings. The van der Waals surface area contributed by atoms with E-state index >= 15 is 0 Å². The van der Waals surface area contributed by atoms with Crippen molar-refractivity contribution in [3.05, 3.63) is 58.0 Å². The summed E-state index contributed by atoms with van der Waals surface area (Å²) < 4.78 is 4.86. The van der Waals surface area contributed by atoms with Crippen molar-refractivity contribution in [2.45, 2.75) is 18.0 Å². The van der Waals surface area contributed by atoms with E-state index < -0.39 is 5.92 Å². The van der Waals surface area contributed by atoms with Gasteiger partial charge in [-0.15, -0.1) is 0 Å². The van der Waals surface area contributed by atoms with Gasteiger partial charge in [-0.25, -0.2) is 4.98 Å². The molecule has 0 bridgehead atoms. The summed E-state index contributed by atoms with van der Waals surface area (Å²) in [5.74, 6) is -0.251. The molecule has 0 amide bonds. The molecule has 1 atom stereocenters.